The number of aliphatic hydroxyl groups is 1. The Morgan fingerprint density at radius 2 is 2.29 bits per heavy atom. The Hall–Kier alpha value is -1.74. The van der Waals surface area contributed by atoms with Crippen molar-refractivity contribution in [2.45, 2.75) is 38.7 Å². The first-order chi connectivity index (χ1) is 10.1. The number of rotatable bonds is 3. The maximum atomic E-state index is 10.2. The largest absolute Gasteiger partial charge is 0.506 e. The molecule has 0 spiro atoms. The Kier molecular flexibility index (Phi) is 3.77. The molecule has 1 atom stereocenters. The molecule has 3 nitrogen and oxygen atoms in total. The Bertz CT molecular complexity index is 741. The van der Waals surface area contributed by atoms with Crippen LogP contribution in [0.3, 0.4) is 0 Å². The quantitative estimate of drug-likeness (QED) is 0.387. The van der Waals surface area contributed by atoms with Crippen LogP contribution in [0, 0.1) is 0 Å². The van der Waals surface area contributed by atoms with Crippen molar-refractivity contribution in [3.63, 3.8) is 0 Å². The predicted octanol–water partition coefficient (Wildman–Crippen LogP) is 4.42. The van der Waals surface area contributed by atoms with Crippen molar-refractivity contribution in [2.24, 2.45) is 4.99 Å². The molecule has 0 bridgehead atoms. The fourth-order valence-corrected chi connectivity index (χ4v) is 3.13. The van der Waals surface area contributed by atoms with Gasteiger partial charge in [-0.3, -0.25) is 4.99 Å². The van der Waals surface area contributed by atoms with Crippen molar-refractivity contribution in [3.05, 3.63) is 47.4 Å². The maximum absolute atomic E-state index is 10.2. The lowest BCUT2D eigenvalue weighted by atomic mass is 10.0. The number of aromatic nitrogens is 1. The molecule has 1 N–H and O–H groups in total. The van der Waals surface area contributed by atoms with Crippen molar-refractivity contribution in [1.82, 2.24) is 4.57 Å². The monoisotopic (exact) mass is 302 g/mol. The minimum atomic E-state index is -0.381. The molecular formula is C17H19ClN2O. The lowest BCUT2D eigenvalue weighted by Crippen LogP contribution is -2.07. The number of halogens is 1. The van der Waals surface area contributed by atoms with Gasteiger partial charge in [0, 0.05) is 23.7 Å². The summed E-state index contributed by atoms with van der Waals surface area (Å²) in [4.78, 5) is 4.42. The molecule has 4 heteroatoms. The minimum Gasteiger partial charge on any atom is -0.506 e. The van der Waals surface area contributed by atoms with Gasteiger partial charge in [-0.25, -0.2) is 0 Å². The number of aryl methyl sites for hydroxylation is 2. The summed E-state index contributed by atoms with van der Waals surface area (Å²) in [5, 5.41) is 11.3. The normalized spacial score (nSPS) is 17.3. The van der Waals surface area contributed by atoms with Crippen molar-refractivity contribution < 1.29 is 5.11 Å². The molecule has 2 heterocycles. The van der Waals surface area contributed by atoms with E-state index in [0.29, 0.717) is 5.71 Å². The number of benzene rings is 1. The molecule has 0 aliphatic carbocycles. The highest BCUT2D eigenvalue weighted by Gasteiger charge is 2.20. The van der Waals surface area contributed by atoms with E-state index in [2.05, 4.69) is 34.0 Å². The van der Waals surface area contributed by atoms with Gasteiger partial charge >= 0.3 is 0 Å². The van der Waals surface area contributed by atoms with Gasteiger partial charge in [-0.1, -0.05) is 29.8 Å². The lowest BCUT2D eigenvalue weighted by molar-refractivity contribution is 0.442. The van der Waals surface area contributed by atoms with E-state index in [1.807, 2.05) is 0 Å². The SMILES string of the molecule is C/C=C(O)\C(=N/C(C)Cl)c1cn2c3c(cccc13)CCC2. The van der Waals surface area contributed by atoms with Crippen LogP contribution in [0.1, 0.15) is 31.4 Å². The van der Waals surface area contributed by atoms with Crippen molar-refractivity contribution in [3.8, 4) is 0 Å². The Morgan fingerprint density at radius 3 is 3.00 bits per heavy atom. The summed E-state index contributed by atoms with van der Waals surface area (Å²) in [6, 6.07) is 6.34. The average Bonchev–Trinajstić information content (AvgIpc) is 2.85. The van der Waals surface area contributed by atoms with Gasteiger partial charge in [0.05, 0.1) is 5.52 Å². The summed E-state index contributed by atoms with van der Waals surface area (Å²) in [7, 11) is 0. The van der Waals surface area contributed by atoms with Crippen molar-refractivity contribution in [1.29, 1.82) is 0 Å². The van der Waals surface area contributed by atoms with Gasteiger partial charge in [0.15, 0.2) is 0 Å². The molecule has 0 fully saturated rings. The Morgan fingerprint density at radius 1 is 1.48 bits per heavy atom. The zero-order valence-corrected chi connectivity index (χ0v) is 13.1. The average molecular weight is 303 g/mol. The second-order valence-electron chi connectivity index (χ2n) is 5.38. The molecule has 110 valence electrons. The fraction of sp³-hybridized carbons (Fsp3) is 0.353. The molecule has 1 aliphatic rings. The summed E-state index contributed by atoms with van der Waals surface area (Å²) in [6.45, 7) is 4.60. The molecule has 1 unspecified atom stereocenters. The number of hydrogen-bond acceptors (Lipinski definition) is 2. The molecule has 0 amide bonds. The molecule has 0 saturated heterocycles. The number of para-hydroxylation sites is 1. The van der Waals surface area contributed by atoms with Crippen molar-refractivity contribution >= 4 is 28.2 Å². The highest BCUT2D eigenvalue weighted by Crippen LogP contribution is 2.31. The van der Waals surface area contributed by atoms with Gasteiger partial charge in [0.1, 0.15) is 17.0 Å². The van der Waals surface area contributed by atoms with Gasteiger partial charge in [0.25, 0.3) is 0 Å². The predicted molar refractivity (Wildman–Crippen MR) is 88.5 cm³/mol. The van der Waals surface area contributed by atoms with Gasteiger partial charge in [-0.15, -0.1) is 0 Å². The molecule has 1 aliphatic heterocycles. The molecule has 0 saturated carbocycles. The first kappa shape index (κ1) is 14.2. The molecule has 3 rings (SSSR count). The second-order valence-corrected chi connectivity index (χ2v) is 6.01. The summed E-state index contributed by atoms with van der Waals surface area (Å²) in [6.07, 6.45) is 6.00. The van der Waals surface area contributed by atoms with Gasteiger partial charge in [-0.05, 0) is 38.3 Å². The lowest BCUT2D eigenvalue weighted by Gasteiger charge is -2.14. The van der Waals surface area contributed by atoms with Crippen LogP contribution in [0.4, 0.5) is 0 Å². The van der Waals surface area contributed by atoms with Crippen LogP contribution in [0.15, 0.2) is 41.2 Å². The van der Waals surface area contributed by atoms with Crippen LogP contribution in [0.2, 0.25) is 0 Å². The standard InChI is InChI=1S/C17H19ClN2O/c1-3-15(21)16(19-11(2)18)14-10-20-9-5-7-12-6-4-8-13(14)17(12)20/h3-4,6,8,10-11,21H,5,7,9H2,1-2H3/b15-3+,19-16-. The van der Waals surface area contributed by atoms with Gasteiger partial charge in [-0.2, -0.15) is 0 Å². The number of hydrogen-bond donors (Lipinski definition) is 1. The first-order valence-corrected chi connectivity index (χ1v) is 7.74. The number of allylic oxidation sites excluding steroid dienone is 2. The van der Waals surface area contributed by atoms with E-state index >= 15 is 0 Å². The number of aliphatic imine (C=N–C) groups is 1. The fourth-order valence-electron chi connectivity index (χ4n) is 3.03. The third-order valence-electron chi connectivity index (χ3n) is 3.91. The smallest absolute Gasteiger partial charge is 0.137 e. The third-order valence-corrected chi connectivity index (χ3v) is 4.00. The molecule has 1 aromatic carbocycles. The van der Waals surface area contributed by atoms with Gasteiger partial charge < -0.3 is 9.67 Å². The van der Waals surface area contributed by atoms with Crippen molar-refractivity contribution in [2.75, 3.05) is 0 Å². The van der Waals surface area contributed by atoms with E-state index in [9.17, 15) is 5.11 Å². The van der Waals surface area contributed by atoms with E-state index in [4.69, 9.17) is 11.6 Å². The van der Waals surface area contributed by atoms with E-state index in [-0.39, 0.29) is 11.3 Å². The maximum Gasteiger partial charge on any atom is 0.137 e. The minimum absolute atomic E-state index is 0.172. The molecule has 21 heavy (non-hydrogen) atoms. The third kappa shape index (κ3) is 2.46. The van der Waals surface area contributed by atoms with Crippen LogP contribution in [0.5, 0.6) is 0 Å². The van der Waals surface area contributed by atoms with Crippen LogP contribution >= 0.6 is 11.6 Å². The van der Waals surface area contributed by atoms with E-state index in [0.717, 1.165) is 30.3 Å². The van der Waals surface area contributed by atoms with Crippen LogP contribution < -0.4 is 0 Å². The highest BCUT2D eigenvalue weighted by molar-refractivity contribution is 6.23. The van der Waals surface area contributed by atoms with E-state index < -0.39 is 0 Å². The Labute approximate surface area is 129 Å². The number of alkyl halides is 1. The van der Waals surface area contributed by atoms with Crippen LogP contribution in [0.25, 0.3) is 10.9 Å². The molecule has 2 aromatic rings. The van der Waals surface area contributed by atoms with E-state index in [1.165, 1.54) is 11.1 Å². The summed E-state index contributed by atoms with van der Waals surface area (Å²) < 4.78 is 2.26. The number of aliphatic hydroxyl groups excluding tert-OH is 1. The van der Waals surface area contributed by atoms with Gasteiger partial charge in [0.2, 0.25) is 0 Å². The summed E-state index contributed by atoms with van der Waals surface area (Å²) >= 11 is 6.03. The van der Waals surface area contributed by atoms with Crippen LogP contribution in [-0.2, 0) is 13.0 Å². The number of nitrogens with zero attached hydrogens (tertiary/aromatic N) is 2. The zero-order chi connectivity index (χ0) is 15.0. The Balaban J connectivity index is 2.27. The highest BCUT2D eigenvalue weighted by atomic mass is 35.5. The molecule has 1 aromatic heterocycles. The first-order valence-electron chi connectivity index (χ1n) is 7.30. The molecule has 0 radical (unpaired) electrons. The molecular weight excluding hydrogens is 284 g/mol. The topological polar surface area (TPSA) is 37.5 Å². The van der Waals surface area contributed by atoms with Crippen LogP contribution in [-0.4, -0.2) is 20.9 Å². The van der Waals surface area contributed by atoms with E-state index in [1.54, 1.807) is 19.9 Å². The summed E-state index contributed by atoms with van der Waals surface area (Å²) in [5.41, 5.74) is 3.77. The summed E-state index contributed by atoms with van der Waals surface area (Å²) in [5.74, 6) is 0.172. The second kappa shape index (κ2) is 5.57. The zero-order valence-electron chi connectivity index (χ0n) is 12.3.